The first-order chi connectivity index (χ1) is 7.33. The SMILES string of the molecule is O=Cc1cccc(F)c1-c1ccncc1. The van der Waals surface area contributed by atoms with E-state index in [0.717, 1.165) is 0 Å². The number of halogens is 1. The van der Waals surface area contributed by atoms with Crippen LogP contribution in [0.25, 0.3) is 11.1 Å². The van der Waals surface area contributed by atoms with Crippen LogP contribution in [0.1, 0.15) is 10.4 Å². The summed E-state index contributed by atoms with van der Waals surface area (Å²) in [6.07, 6.45) is 3.78. The van der Waals surface area contributed by atoms with E-state index in [2.05, 4.69) is 4.98 Å². The minimum absolute atomic E-state index is 0.329. The van der Waals surface area contributed by atoms with E-state index in [1.54, 1.807) is 30.6 Å². The number of pyridine rings is 1. The Balaban J connectivity index is 2.66. The molecule has 0 bridgehead atoms. The number of hydrogen-bond donors (Lipinski definition) is 0. The van der Waals surface area contributed by atoms with Crippen LogP contribution >= 0.6 is 0 Å². The van der Waals surface area contributed by atoms with Gasteiger partial charge in [0, 0.05) is 23.5 Å². The van der Waals surface area contributed by atoms with E-state index in [-0.39, 0.29) is 0 Å². The molecular formula is C12H8FNO. The van der Waals surface area contributed by atoms with E-state index in [1.165, 1.54) is 12.1 Å². The van der Waals surface area contributed by atoms with Crippen LogP contribution in [0.4, 0.5) is 4.39 Å². The monoisotopic (exact) mass is 201 g/mol. The van der Waals surface area contributed by atoms with Gasteiger partial charge in [0.05, 0.1) is 0 Å². The van der Waals surface area contributed by atoms with E-state index < -0.39 is 5.82 Å². The van der Waals surface area contributed by atoms with Gasteiger partial charge in [-0.2, -0.15) is 0 Å². The van der Waals surface area contributed by atoms with Crippen molar-refractivity contribution in [3.63, 3.8) is 0 Å². The molecule has 2 aromatic rings. The molecule has 2 nitrogen and oxygen atoms in total. The maximum Gasteiger partial charge on any atom is 0.150 e. The fourth-order valence-corrected chi connectivity index (χ4v) is 1.46. The molecule has 0 radical (unpaired) electrons. The summed E-state index contributed by atoms with van der Waals surface area (Å²) in [5.41, 5.74) is 1.33. The Morgan fingerprint density at radius 1 is 1.13 bits per heavy atom. The van der Waals surface area contributed by atoms with Crippen molar-refractivity contribution < 1.29 is 9.18 Å². The number of carbonyl (C=O) groups is 1. The first kappa shape index (κ1) is 9.52. The Kier molecular flexibility index (Phi) is 2.54. The van der Waals surface area contributed by atoms with Crippen LogP contribution in [0.15, 0.2) is 42.7 Å². The van der Waals surface area contributed by atoms with Crippen molar-refractivity contribution in [2.24, 2.45) is 0 Å². The molecule has 0 saturated carbocycles. The van der Waals surface area contributed by atoms with Gasteiger partial charge in [-0.05, 0) is 23.8 Å². The summed E-state index contributed by atoms with van der Waals surface area (Å²) in [6.45, 7) is 0. The van der Waals surface area contributed by atoms with Gasteiger partial charge in [-0.3, -0.25) is 9.78 Å². The lowest BCUT2D eigenvalue weighted by Crippen LogP contribution is -1.91. The molecule has 1 heterocycles. The lowest BCUT2D eigenvalue weighted by atomic mass is 10.0. The van der Waals surface area contributed by atoms with Crippen molar-refractivity contribution in [1.29, 1.82) is 0 Å². The van der Waals surface area contributed by atoms with Crippen molar-refractivity contribution in [2.45, 2.75) is 0 Å². The Morgan fingerprint density at radius 2 is 1.87 bits per heavy atom. The Morgan fingerprint density at radius 3 is 2.53 bits per heavy atom. The van der Waals surface area contributed by atoms with Crippen LogP contribution in [0.3, 0.4) is 0 Å². The second-order valence-corrected chi connectivity index (χ2v) is 3.06. The van der Waals surface area contributed by atoms with Crippen LogP contribution in [-0.2, 0) is 0 Å². The van der Waals surface area contributed by atoms with Crippen molar-refractivity contribution in [2.75, 3.05) is 0 Å². The fourth-order valence-electron chi connectivity index (χ4n) is 1.46. The predicted molar refractivity (Wildman–Crippen MR) is 55.0 cm³/mol. The molecule has 0 saturated heterocycles. The standard InChI is InChI=1S/C12H8FNO/c13-11-3-1-2-10(8-15)12(11)9-4-6-14-7-5-9/h1-8H. The highest BCUT2D eigenvalue weighted by molar-refractivity contribution is 5.87. The van der Waals surface area contributed by atoms with Gasteiger partial charge in [0.2, 0.25) is 0 Å². The van der Waals surface area contributed by atoms with Crippen molar-refractivity contribution in [3.05, 3.63) is 54.1 Å². The second kappa shape index (κ2) is 4.00. The average Bonchev–Trinajstić information content (AvgIpc) is 2.29. The molecule has 15 heavy (non-hydrogen) atoms. The first-order valence-electron chi connectivity index (χ1n) is 4.47. The van der Waals surface area contributed by atoms with Crippen molar-refractivity contribution >= 4 is 6.29 Å². The molecule has 0 unspecified atom stereocenters. The summed E-state index contributed by atoms with van der Waals surface area (Å²) in [7, 11) is 0. The number of aldehydes is 1. The maximum atomic E-state index is 13.5. The minimum Gasteiger partial charge on any atom is -0.298 e. The lowest BCUT2D eigenvalue weighted by molar-refractivity contribution is 0.112. The van der Waals surface area contributed by atoms with Crippen LogP contribution in [-0.4, -0.2) is 11.3 Å². The topological polar surface area (TPSA) is 30.0 Å². The van der Waals surface area contributed by atoms with Gasteiger partial charge in [-0.25, -0.2) is 4.39 Å². The number of aromatic nitrogens is 1. The van der Waals surface area contributed by atoms with Gasteiger partial charge in [0.1, 0.15) is 5.82 Å². The molecule has 0 amide bonds. The zero-order chi connectivity index (χ0) is 10.7. The lowest BCUT2D eigenvalue weighted by Gasteiger charge is -2.05. The molecule has 1 aromatic heterocycles. The van der Waals surface area contributed by atoms with Crippen LogP contribution in [0, 0.1) is 5.82 Å². The number of hydrogen-bond acceptors (Lipinski definition) is 2. The molecule has 0 spiro atoms. The summed E-state index contributed by atoms with van der Waals surface area (Å²) in [5, 5.41) is 0. The average molecular weight is 201 g/mol. The summed E-state index contributed by atoms with van der Waals surface area (Å²) in [4.78, 5) is 14.6. The van der Waals surface area contributed by atoms with E-state index in [9.17, 15) is 9.18 Å². The third-order valence-corrected chi connectivity index (χ3v) is 2.14. The minimum atomic E-state index is -0.397. The molecular weight excluding hydrogens is 193 g/mol. The van der Waals surface area contributed by atoms with Crippen LogP contribution < -0.4 is 0 Å². The van der Waals surface area contributed by atoms with Crippen molar-refractivity contribution in [3.8, 4) is 11.1 Å². The third kappa shape index (κ3) is 1.76. The molecule has 74 valence electrons. The number of benzene rings is 1. The molecule has 1 aromatic carbocycles. The zero-order valence-electron chi connectivity index (χ0n) is 7.85. The molecule has 2 rings (SSSR count). The summed E-state index contributed by atoms with van der Waals surface area (Å²) in [5.74, 6) is -0.397. The maximum absolute atomic E-state index is 13.5. The summed E-state index contributed by atoms with van der Waals surface area (Å²) < 4.78 is 13.5. The van der Waals surface area contributed by atoms with E-state index in [4.69, 9.17) is 0 Å². The van der Waals surface area contributed by atoms with Gasteiger partial charge in [-0.1, -0.05) is 12.1 Å². The normalized spacial score (nSPS) is 9.93. The molecule has 0 atom stereocenters. The quantitative estimate of drug-likeness (QED) is 0.699. The van der Waals surface area contributed by atoms with Gasteiger partial charge in [0.15, 0.2) is 6.29 Å². The number of nitrogens with zero attached hydrogens (tertiary/aromatic N) is 1. The highest BCUT2D eigenvalue weighted by Crippen LogP contribution is 2.24. The predicted octanol–water partition coefficient (Wildman–Crippen LogP) is 2.70. The number of carbonyl (C=O) groups excluding carboxylic acids is 1. The molecule has 0 aliphatic heterocycles. The fraction of sp³-hybridized carbons (Fsp3) is 0. The highest BCUT2D eigenvalue weighted by atomic mass is 19.1. The van der Waals surface area contributed by atoms with Crippen LogP contribution in [0.2, 0.25) is 0 Å². The summed E-state index contributed by atoms with van der Waals surface area (Å²) >= 11 is 0. The van der Waals surface area contributed by atoms with Gasteiger partial charge >= 0.3 is 0 Å². The molecule has 3 heteroatoms. The van der Waals surface area contributed by atoms with Gasteiger partial charge in [-0.15, -0.1) is 0 Å². The largest absolute Gasteiger partial charge is 0.298 e. The Hall–Kier alpha value is -2.03. The first-order valence-corrected chi connectivity index (χ1v) is 4.47. The van der Waals surface area contributed by atoms with Gasteiger partial charge in [0.25, 0.3) is 0 Å². The van der Waals surface area contributed by atoms with Crippen molar-refractivity contribution in [1.82, 2.24) is 4.98 Å². The highest BCUT2D eigenvalue weighted by Gasteiger charge is 2.09. The van der Waals surface area contributed by atoms with E-state index in [0.29, 0.717) is 23.0 Å². The van der Waals surface area contributed by atoms with E-state index >= 15 is 0 Å². The molecule has 0 fully saturated rings. The number of rotatable bonds is 2. The summed E-state index contributed by atoms with van der Waals surface area (Å²) in [6, 6.07) is 7.79. The zero-order valence-corrected chi connectivity index (χ0v) is 7.85. The van der Waals surface area contributed by atoms with E-state index in [1.807, 2.05) is 0 Å². The third-order valence-electron chi connectivity index (χ3n) is 2.14. The Bertz CT molecular complexity index is 482. The smallest absolute Gasteiger partial charge is 0.150 e. The Labute approximate surface area is 86.4 Å². The van der Waals surface area contributed by atoms with Crippen LogP contribution in [0.5, 0.6) is 0 Å². The molecule has 0 N–H and O–H groups in total. The molecule has 0 aliphatic rings. The molecule has 0 aliphatic carbocycles. The van der Waals surface area contributed by atoms with Gasteiger partial charge < -0.3 is 0 Å². The second-order valence-electron chi connectivity index (χ2n) is 3.06.